The maximum absolute atomic E-state index is 13.5. The van der Waals surface area contributed by atoms with Gasteiger partial charge in [-0.25, -0.2) is 0 Å². The Bertz CT molecular complexity index is 2430. The molecular formula is C50H62N8O4. The summed E-state index contributed by atoms with van der Waals surface area (Å²) >= 11 is 0. The van der Waals surface area contributed by atoms with Gasteiger partial charge in [0.05, 0.1) is 43.1 Å². The van der Waals surface area contributed by atoms with Crippen LogP contribution in [0, 0.1) is 17.3 Å². The number of allylic oxidation sites excluding steroid dienone is 1. The molecule has 7 heterocycles. The topological polar surface area (TPSA) is 110 Å². The van der Waals surface area contributed by atoms with Crippen LogP contribution in [-0.2, 0) is 17.8 Å². The Morgan fingerprint density at radius 3 is 2.61 bits per heavy atom. The van der Waals surface area contributed by atoms with Crippen molar-refractivity contribution in [3.05, 3.63) is 88.8 Å². The number of piperazine rings is 1. The van der Waals surface area contributed by atoms with Crippen molar-refractivity contribution in [1.82, 2.24) is 30.2 Å². The van der Waals surface area contributed by atoms with Gasteiger partial charge in [-0.3, -0.25) is 24.5 Å². The number of methoxy groups -OCH3 is 1. The zero-order chi connectivity index (χ0) is 42.4. The lowest BCUT2D eigenvalue weighted by Crippen LogP contribution is -2.59. The number of aromatic nitrogens is 2. The molecule has 3 saturated heterocycles. The number of carbonyl (C=O) groups is 2. The SMILES string of the molecule is C=C1CCC(N2Cc3c(ccc4c3OC[C@H]3CN(CC5CCC6(CC5)CN(c5ccc([C@@H]7c8ccc9[nH]ncc9c8C[C@@H](C)N7CC(C)C)c(OC)c5)C6)CCN43)C2=O)C(=O)N1. The van der Waals surface area contributed by atoms with Crippen molar-refractivity contribution >= 4 is 34.1 Å². The lowest BCUT2D eigenvalue weighted by molar-refractivity contribution is -0.126. The zero-order valence-corrected chi connectivity index (χ0v) is 36.9. The van der Waals surface area contributed by atoms with Crippen molar-refractivity contribution in [3.8, 4) is 11.5 Å². The smallest absolute Gasteiger partial charge is 0.255 e. The molecule has 62 heavy (non-hydrogen) atoms. The van der Waals surface area contributed by atoms with E-state index in [4.69, 9.17) is 9.47 Å². The molecule has 1 saturated carbocycles. The molecule has 2 N–H and O–H groups in total. The summed E-state index contributed by atoms with van der Waals surface area (Å²) in [6, 6.07) is 15.9. The molecule has 4 aromatic rings. The van der Waals surface area contributed by atoms with Gasteiger partial charge in [0.1, 0.15) is 24.1 Å². The number of rotatable bonds is 8. The molecule has 12 nitrogen and oxygen atoms in total. The van der Waals surface area contributed by atoms with Gasteiger partial charge in [-0.15, -0.1) is 0 Å². The number of ether oxygens (including phenoxy) is 2. The van der Waals surface area contributed by atoms with Crippen molar-refractivity contribution in [2.75, 3.05) is 69.3 Å². The lowest BCUT2D eigenvalue weighted by Gasteiger charge is -2.55. The normalized spacial score (nSPS) is 26.3. The fraction of sp³-hybridized carbons (Fsp3) is 0.540. The highest BCUT2D eigenvalue weighted by molar-refractivity contribution is 6.03. The molecule has 1 unspecified atom stereocenters. The van der Waals surface area contributed by atoms with E-state index in [1.807, 2.05) is 19.4 Å². The highest BCUT2D eigenvalue weighted by atomic mass is 16.5. The van der Waals surface area contributed by atoms with Gasteiger partial charge in [-0.1, -0.05) is 32.6 Å². The van der Waals surface area contributed by atoms with Gasteiger partial charge in [-0.2, -0.15) is 5.10 Å². The second-order valence-electron chi connectivity index (χ2n) is 20.2. The predicted molar refractivity (Wildman–Crippen MR) is 242 cm³/mol. The number of H-pyrrole nitrogens is 1. The van der Waals surface area contributed by atoms with Gasteiger partial charge in [0.15, 0.2) is 0 Å². The third-order valence-corrected chi connectivity index (χ3v) is 15.7. The number of fused-ring (bicyclic) bond motifs is 8. The van der Waals surface area contributed by atoms with Crippen LogP contribution in [0.15, 0.2) is 60.9 Å². The fourth-order valence-corrected chi connectivity index (χ4v) is 12.5. The molecule has 4 fully saturated rings. The number of aromatic amines is 1. The van der Waals surface area contributed by atoms with E-state index in [1.165, 1.54) is 53.4 Å². The first kappa shape index (κ1) is 39.8. The van der Waals surface area contributed by atoms with Crippen LogP contribution in [0.1, 0.15) is 97.9 Å². The predicted octanol–water partition coefficient (Wildman–Crippen LogP) is 6.89. The van der Waals surface area contributed by atoms with Crippen LogP contribution < -0.4 is 24.6 Å². The van der Waals surface area contributed by atoms with Crippen LogP contribution in [0.2, 0.25) is 0 Å². The van der Waals surface area contributed by atoms with Gasteiger partial charge in [-0.05, 0) is 99.1 Å². The van der Waals surface area contributed by atoms with E-state index in [9.17, 15) is 9.59 Å². The number of amides is 2. The molecule has 326 valence electrons. The highest BCUT2D eigenvalue weighted by Gasteiger charge is 2.47. The van der Waals surface area contributed by atoms with Crippen molar-refractivity contribution < 1.29 is 19.1 Å². The van der Waals surface area contributed by atoms with Crippen LogP contribution in [-0.4, -0.2) is 114 Å². The first-order valence-corrected chi connectivity index (χ1v) is 23.3. The number of benzene rings is 3. The van der Waals surface area contributed by atoms with E-state index in [2.05, 4.69) is 98.9 Å². The van der Waals surface area contributed by atoms with E-state index in [0.29, 0.717) is 48.9 Å². The van der Waals surface area contributed by atoms with E-state index in [-0.39, 0.29) is 23.9 Å². The third kappa shape index (κ3) is 6.66. The van der Waals surface area contributed by atoms with Crippen LogP contribution in [0.4, 0.5) is 11.4 Å². The van der Waals surface area contributed by atoms with Crippen LogP contribution in [0.3, 0.4) is 0 Å². The molecule has 0 radical (unpaired) electrons. The van der Waals surface area contributed by atoms with E-state index in [1.54, 1.807) is 4.90 Å². The number of carbonyl (C=O) groups excluding carboxylic acids is 2. The molecule has 1 spiro atoms. The Balaban J connectivity index is 0.709. The lowest BCUT2D eigenvalue weighted by atomic mass is 9.65. The van der Waals surface area contributed by atoms with Crippen molar-refractivity contribution in [3.63, 3.8) is 0 Å². The molecular weight excluding hydrogens is 777 g/mol. The zero-order valence-electron chi connectivity index (χ0n) is 36.9. The average Bonchev–Trinajstić information content (AvgIpc) is 3.88. The maximum Gasteiger partial charge on any atom is 0.255 e. The fourth-order valence-electron chi connectivity index (χ4n) is 12.5. The van der Waals surface area contributed by atoms with Crippen molar-refractivity contribution in [2.45, 2.75) is 96.4 Å². The molecule has 1 aliphatic carbocycles. The molecule has 4 atom stereocenters. The largest absolute Gasteiger partial charge is 0.496 e. The summed E-state index contributed by atoms with van der Waals surface area (Å²) in [4.78, 5) is 38.5. The van der Waals surface area contributed by atoms with E-state index in [0.717, 1.165) is 92.1 Å². The van der Waals surface area contributed by atoms with E-state index >= 15 is 0 Å². The number of anilines is 2. The van der Waals surface area contributed by atoms with Crippen LogP contribution >= 0.6 is 0 Å². The Morgan fingerprint density at radius 2 is 1.82 bits per heavy atom. The van der Waals surface area contributed by atoms with Gasteiger partial charge in [0, 0.05) is 96.8 Å². The molecule has 1 aromatic heterocycles. The highest BCUT2D eigenvalue weighted by Crippen LogP contribution is 2.50. The molecule has 3 aromatic carbocycles. The third-order valence-electron chi connectivity index (χ3n) is 15.7. The maximum atomic E-state index is 13.5. The van der Waals surface area contributed by atoms with Crippen molar-refractivity contribution in [1.29, 1.82) is 0 Å². The summed E-state index contributed by atoms with van der Waals surface area (Å²) in [5.74, 6) is 2.88. The standard InChI is InChI=1S/C50H62N8O4/c1-30(2)23-57-32(4)20-39-36(9-11-42-40(39)22-51-53-42)46(57)38-8-7-34(21-45(38)61-5)55-28-50(29-55)16-14-33(15-17-50)24-54-18-19-56-35(25-54)27-62-47-41-26-58(44-12-6-31(3)52-48(44)59)49(60)37(41)10-13-43(47)56/h7-11,13,21-22,30,32-33,35,44,46H,3,6,12,14-20,23-29H2,1-2,4-5H3,(H,51,53)(H,52,59)/t32-,35-,44?,46+/m1/s1. The molecule has 12 heteroatoms. The number of nitrogens with one attached hydrogen (secondary N) is 2. The molecule has 11 rings (SSSR count). The molecule has 6 aliphatic heterocycles. The summed E-state index contributed by atoms with van der Waals surface area (Å²) < 4.78 is 12.8. The number of hydrogen-bond acceptors (Lipinski definition) is 9. The molecule has 2 amide bonds. The Kier molecular flexibility index (Phi) is 9.83. The van der Waals surface area contributed by atoms with Crippen LogP contribution in [0.25, 0.3) is 10.9 Å². The quantitative estimate of drug-likeness (QED) is 0.196. The van der Waals surface area contributed by atoms with Crippen LogP contribution in [0.5, 0.6) is 11.5 Å². The Hall–Kier alpha value is -5.07. The van der Waals surface area contributed by atoms with Gasteiger partial charge >= 0.3 is 0 Å². The Morgan fingerprint density at radius 1 is 1.00 bits per heavy atom. The molecule has 0 bridgehead atoms. The number of hydrogen-bond donors (Lipinski definition) is 2. The number of nitrogens with zero attached hydrogens (tertiary/aromatic N) is 6. The minimum atomic E-state index is -0.470. The first-order valence-electron chi connectivity index (χ1n) is 23.3. The summed E-state index contributed by atoms with van der Waals surface area (Å²) in [5.41, 5.74) is 10.2. The monoisotopic (exact) mass is 838 g/mol. The molecule has 7 aliphatic rings. The summed E-state index contributed by atoms with van der Waals surface area (Å²) in [6.07, 6.45) is 9.48. The number of piperidine rings is 1. The first-order chi connectivity index (χ1) is 30.1. The average molecular weight is 839 g/mol. The van der Waals surface area contributed by atoms with Gasteiger partial charge < -0.3 is 29.5 Å². The Labute approximate surface area is 365 Å². The second-order valence-corrected chi connectivity index (χ2v) is 20.2. The second kappa shape index (κ2) is 15.3. The van der Waals surface area contributed by atoms with Gasteiger partial charge in [0.25, 0.3) is 5.91 Å². The van der Waals surface area contributed by atoms with E-state index < -0.39 is 6.04 Å². The summed E-state index contributed by atoms with van der Waals surface area (Å²) in [7, 11) is 1.83. The minimum absolute atomic E-state index is 0.0778. The minimum Gasteiger partial charge on any atom is -0.496 e. The van der Waals surface area contributed by atoms with Gasteiger partial charge in [0.2, 0.25) is 5.91 Å². The summed E-state index contributed by atoms with van der Waals surface area (Å²) in [5, 5.41) is 11.7. The van der Waals surface area contributed by atoms with Crippen molar-refractivity contribution in [2.24, 2.45) is 17.3 Å². The summed E-state index contributed by atoms with van der Waals surface area (Å²) in [6.45, 7) is 19.4.